The van der Waals surface area contributed by atoms with Crippen molar-refractivity contribution in [3.8, 4) is 0 Å². The summed E-state index contributed by atoms with van der Waals surface area (Å²) in [6.07, 6.45) is 4.46. The highest BCUT2D eigenvalue weighted by molar-refractivity contribution is 5.88. The molecule has 2 N–H and O–H groups in total. The van der Waals surface area contributed by atoms with Crippen LogP contribution in [-0.2, 0) is 16.0 Å². The molecule has 9 nitrogen and oxygen atoms in total. The number of alkyl carbamates (subject to hydrolysis) is 1. The Balaban J connectivity index is 1.39. The lowest BCUT2D eigenvalue weighted by Gasteiger charge is -2.38. The zero-order valence-corrected chi connectivity index (χ0v) is 19.7. The Morgan fingerprint density at radius 2 is 2.06 bits per heavy atom. The van der Waals surface area contributed by atoms with E-state index in [0.717, 1.165) is 25.9 Å². The van der Waals surface area contributed by atoms with Crippen molar-refractivity contribution < 1.29 is 19.1 Å². The summed E-state index contributed by atoms with van der Waals surface area (Å²) in [6.45, 7) is 5.39. The van der Waals surface area contributed by atoms with Gasteiger partial charge in [0.25, 0.3) is 0 Å². The van der Waals surface area contributed by atoms with Gasteiger partial charge in [-0.3, -0.25) is 4.68 Å². The molecule has 3 atom stereocenters. The van der Waals surface area contributed by atoms with Gasteiger partial charge in [-0.2, -0.15) is 5.10 Å². The second-order valence-corrected chi connectivity index (χ2v) is 8.55. The molecule has 0 radical (unpaired) electrons. The SMILES string of the molecule is COC(=O)c1cnn(CCNC(=O)OCC[C@H]2CN(C)CC[C@@H]2N[C@H](C)c2ccccc2)c1. The van der Waals surface area contributed by atoms with Crippen LogP contribution in [0.5, 0.6) is 0 Å². The van der Waals surface area contributed by atoms with Crippen LogP contribution in [0.25, 0.3) is 0 Å². The Hall–Kier alpha value is -2.91. The minimum atomic E-state index is -0.443. The summed E-state index contributed by atoms with van der Waals surface area (Å²) in [5.74, 6) is -0.0311. The first-order valence-electron chi connectivity index (χ1n) is 11.5. The quantitative estimate of drug-likeness (QED) is 0.529. The molecule has 0 bridgehead atoms. The number of methoxy groups -OCH3 is 1. The average Bonchev–Trinajstić information content (AvgIpc) is 3.29. The molecular weight excluding hydrogens is 422 g/mol. The smallest absolute Gasteiger partial charge is 0.407 e. The molecule has 0 spiro atoms. The number of nitrogens with zero attached hydrogens (tertiary/aromatic N) is 3. The lowest BCUT2D eigenvalue weighted by Crippen LogP contribution is -2.49. The number of rotatable bonds is 10. The molecule has 1 aromatic carbocycles. The van der Waals surface area contributed by atoms with E-state index in [1.165, 1.54) is 18.9 Å². The Morgan fingerprint density at radius 3 is 2.82 bits per heavy atom. The Bertz CT molecular complexity index is 888. The zero-order valence-electron chi connectivity index (χ0n) is 19.7. The highest BCUT2D eigenvalue weighted by atomic mass is 16.5. The molecule has 1 aromatic heterocycles. The molecule has 0 saturated carbocycles. The van der Waals surface area contributed by atoms with Crippen LogP contribution in [0.2, 0.25) is 0 Å². The maximum absolute atomic E-state index is 12.1. The predicted octanol–water partition coefficient (Wildman–Crippen LogP) is 2.46. The van der Waals surface area contributed by atoms with Gasteiger partial charge in [-0.15, -0.1) is 0 Å². The highest BCUT2D eigenvalue weighted by Gasteiger charge is 2.28. The fourth-order valence-corrected chi connectivity index (χ4v) is 4.22. The van der Waals surface area contributed by atoms with Crippen LogP contribution in [0.3, 0.4) is 0 Å². The molecule has 180 valence electrons. The average molecular weight is 458 g/mol. The van der Waals surface area contributed by atoms with Gasteiger partial charge < -0.3 is 25.0 Å². The van der Waals surface area contributed by atoms with Crippen molar-refractivity contribution in [3.63, 3.8) is 0 Å². The number of hydrogen-bond donors (Lipinski definition) is 2. The number of piperidine rings is 1. The van der Waals surface area contributed by atoms with Crippen molar-refractivity contribution in [2.24, 2.45) is 5.92 Å². The predicted molar refractivity (Wildman–Crippen MR) is 125 cm³/mol. The first-order chi connectivity index (χ1) is 16.0. The van der Waals surface area contributed by atoms with Gasteiger partial charge >= 0.3 is 12.1 Å². The molecule has 1 aliphatic rings. The first kappa shape index (κ1) is 24.7. The van der Waals surface area contributed by atoms with Gasteiger partial charge in [0.2, 0.25) is 0 Å². The summed E-state index contributed by atoms with van der Waals surface area (Å²) in [5.41, 5.74) is 1.66. The normalized spacial score (nSPS) is 19.6. The van der Waals surface area contributed by atoms with E-state index in [9.17, 15) is 9.59 Å². The number of ether oxygens (including phenoxy) is 2. The van der Waals surface area contributed by atoms with Crippen molar-refractivity contribution in [3.05, 3.63) is 53.9 Å². The fraction of sp³-hybridized carbons (Fsp3) is 0.542. The third-order valence-electron chi connectivity index (χ3n) is 6.09. The molecule has 2 heterocycles. The van der Waals surface area contributed by atoms with Crippen molar-refractivity contribution >= 4 is 12.1 Å². The van der Waals surface area contributed by atoms with Crippen LogP contribution in [0.15, 0.2) is 42.7 Å². The number of nitrogens with one attached hydrogen (secondary N) is 2. The molecule has 1 saturated heterocycles. The van der Waals surface area contributed by atoms with Gasteiger partial charge in [0.1, 0.15) is 0 Å². The molecule has 2 aromatic rings. The van der Waals surface area contributed by atoms with E-state index in [2.05, 4.69) is 63.6 Å². The van der Waals surface area contributed by atoms with E-state index in [0.29, 0.717) is 37.2 Å². The van der Waals surface area contributed by atoms with Crippen molar-refractivity contribution in [1.29, 1.82) is 0 Å². The second kappa shape index (κ2) is 12.4. The van der Waals surface area contributed by atoms with Gasteiger partial charge in [0, 0.05) is 31.4 Å². The number of carbonyl (C=O) groups excluding carboxylic acids is 2. The van der Waals surface area contributed by atoms with E-state index < -0.39 is 12.1 Å². The van der Waals surface area contributed by atoms with Crippen LogP contribution >= 0.6 is 0 Å². The van der Waals surface area contributed by atoms with Crippen LogP contribution in [-0.4, -0.2) is 73.2 Å². The van der Waals surface area contributed by atoms with Gasteiger partial charge in [-0.05, 0) is 44.8 Å². The highest BCUT2D eigenvalue weighted by Crippen LogP contribution is 2.23. The minimum absolute atomic E-state index is 0.272. The van der Waals surface area contributed by atoms with Crippen molar-refractivity contribution in [1.82, 2.24) is 25.3 Å². The molecule has 33 heavy (non-hydrogen) atoms. The van der Waals surface area contributed by atoms with Gasteiger partial charge in [-0.25, -0.2) is 9.59 Å². The molecule has 0 unspecified atom stereocenters. The molecule has 1 fully saturated rings. The van der Waals surface area contributed by atoms with E-state index in [-0.39, 0.29) is 6.04 Å². The second-order valence-electron chi connectivity index (χ2n) is 8.55. The van der Waals surface area contributed by atoms with Gasteiger partial charge in [0.15, 0.2) is 0 Å². The number of esters is 1. The third-order valence-corrected chi connectivity index (χ3v) is 6.09. The number of likely N-dealkylation sites (tertiary alicyclic amines) is 1. The zero-order chi connectivity index (χ0) is 23.6. The topological polar surface area (TPSA) is 97.7 Å². The monoisotopic (exact) mass is 457 g/mol. The number of aromatic nitrogens is 2. The Labute approximate surface area is 195 Å². The summed E-state index contributed by atoms with van der Waals surface area (Å²) in [5, 5.41) is 10.6. The summed E-state index contributed by atoms with van der Waals surface area (Å²) in [6, 6.07) is 11.1. The van der Waals surface area contributed by atoms with E-state index in [1.54, 1.807) is 10.9 Å². The molecule has 1 aliphatic heterocycles. The van der Waals surface area contributed by atoms with Crippen LogP contribution in [0.1, 0.15) is 41.7 Å². The summed E-state index contributed by atoms with van der Waals surface area (Å²) in [7, 11) is 3.46. The van der Waals surface area contributed by atoms with E-state index in [1.807, 2.05) is 6.07 Å². The number of benzene rings is 1. The maximum atomic E-state index is 12.1. The molecule has 3 rings (SSSR count). The number of hydrogen-bond acceptors (Lipinski definition) is 7. The largest absolute Gasteiger partial charge is 0.465 e. The first-order valence-corrected chi connectivity index (χ1v) is 11.5. The molecule has 9 heteroatoms. The van der Waals surface area contributed by atoms with E-state index in [4.69, 9.17) is 4.74 Å². The van der Waals surface area contributed by atoms with Gasteiger partial charge in [0.05, 0.1) is 32.0 Å². The maximum Gasteiger partial charge on any atom is 0.407 e. The van der Waals surface area contributed by atoms with Crippen molar-refractivity contribution in [2.45, 2.75) is 38.4 Å². The molecule has 1 amide bonds. The Morgan fingerprint density at radius 1 is 1.27 bits per heavy atom. The molecule has 0 aliphatic carbocycles. The number of carbonyl (C=O) groups is 2. The summed E-state index contributed by atoms with van der Waals surface area (Å²) in [4.78, 5) is 25.9. The third kappa shape index (κ3) is 7.57. The van der Waals surface area contributed by atoms with Crippen LogP contribution in [0.4, 0.5) is 4.79 Å². The Kier molecular flexibility index (Phi) is 9.26. The van der Waals surface area contributed by atoms with E-state index >= 15 is 0 Å². The minimum Gasteiger partial charge on any atom is -0.465 e. The lowest BCUT2D eigenvalue weighted by molar-refractivity contribution is 0.0600. The lowest BCUT2D eigenvalue weighted by atomic mass is 9.88. The standard InChI is InChI=1S/C24H35N5O4/c1-18(19-7-5-4-6-8-19)27-22-9-12-28(2)16-20(22)10-14-33-24(31)25-11-13-29-17-21(15-26-29)23(30)32-3/h4-8,15,17-18,20,22,27H,9-14,16H2,1-3H3,(H,25,31)/t18-,20+,22+/m1/s1. The van der Waals surface area contributed by atoms with Crippen molar-refractivity contribution in [2.75, 3.05) is 40.4 Å². The van der Waals surface area contributed by atoms with Crippen LogP contribution < -0.4 is 10.6 Å². The van der Waals surface area contributed by atoms with Crippen LogP contribution in [0, 0.1) is 5.92 Å². The van der Waals surface area contributed by atoms with Gasteiger partial charge in [-0.1, -0.05) is 30.3 Å². The number of amides is 1. The summed E-state index contributed by atoms with van der Waals surface area (Å²) >= 11 is 0. The summed E-state index contributed by atoms with van der Waals surface area (Å²) < 4.78 is 11.6. The molecular formula is C24H35N5O4. The fourth-order valence-electron chi connectivity index (χ4n) is 4.22.